The fourth-order valence-corrected chi connectivity index (χ4v) is 3.87. The highest BCUT2D eigenvalue weighted by atomic mass is 16.2. The van der Waals surface area contributed by atoms with Crippen LogP contribution in [0.5, 0.6) is 0 Å². The highest BCUT2D eigenvalue weighted by molar-refractivity contribution is 6.07. The van der Waals surface area contributed by atoms with Gasteiger partial charge in [0.2, 0.25) is 0 Å². The SMILES string of the molecule is C[C@@H]1CCC[C@]2(C1)NC(=O)N(Cc1ccc(C(=O)N(C)C)cc1)C2=O. The van der Waals surface area contributed by atoms with Gasteiger partial charge in [0.15, 0.2) is 0 Å². The topological polar surface area (TPSA) is 69.7 Å². The minimum Gasteiger partial charge on any atom is -0.345 e. The number of hydrogen-bond acceptors (Lipinski definition) is 3. The number of amides is 4. The van der Waals surface area contributed by atoms with E-state index in [-0.39, 0.29) is 24.4 Å². The van der Waals surface area contributed by atoms with Gasteiger partial charge in [-0.2, -0.15) is 0 Å². The number of imide groups is 1. The molecule has 1 heterocycles. The summed E-state index contributed by atoms with van der Waals surface area (Å²) in [6.45, 7) is 2.36. The molecule has 1 aromatic rings. The second-order valence-electron chi connectivity index (χ2n) is 7.50. The molecule has 1 aliphatic carbocycles. The lowest BCUT2D eigenvalue weighted by molar-refractivity contribution is -0.133. The van der Waals surface area contributed by atoms with Gasteiger partial charge in [0.25, 0.3) is 11.8 Å². The largest absolute Gasteiger partial charge is 0.345 e. The van der Waals surface area contributed by atoms with E-state index in [1.54, 1.807) is 38.4 Å². The van der Waals surface area contributed by atoms with Crippen LogP contribution in [0.2, 0.25) is 0 Å². The molecule has 25 heavy (non-hydrogen) atoms. The van der Waals surface area contributed by atoms with Crippen molar-refractivity contribution < 1.29 is 14.4 Å². The number of benzene rings is 1. The first-order valence-electron chi connectivity index (χ1n) is 8.77. The van der Waals surface area contributed by atoms with Crippen molar-refractivity contribution in [2.24, 2.45) is 5.92 Å². The average Bonchev–Trinajstić information content (AvgIpc) is 2.78. The predicted molar refractivity (Wildman–Crippen MR) is 93.9 cm³/mol. The molecular formula is C19H25N3O3. The first-order chi connectivity index (χ1) is 11.8. The van der Waals surface area contributed by atoms with Gasteiger partial charge >= 0.3 is 6.03 Å². The molecule has 1 aliphatic heterocycles. The Balaban J connectivity index is 1.73. The summed E-state index contributed by atoms with van der Waals surface area (Å²) < 4.78 is 0. The van der Waals surface area contributed by atoms with Gasteiger partial charge in [-0.15, -0.1) is 0 Å². The fourth-order valence-electron chi connectivity index (χ4n) is 3.87. The molecule has 1 spiro atoms. The van der Waals surface area contributed by atoms with E-state index in [4.69, 9.17) is 0 Å². The van der Waals surface area contributed by atoms with E-state index >= 15 is 0 Å². The molecule has 6 nitrogen and oxygen atoms in total. The zero-order valence-electron chi connectivity index (χ0n) is 15.0. The molecule has 6 heteroatoms. The van der Waals surface area contributed by atoms with E-state index in [2.05, 4.69) is 12.2 Å². The Kier molecular flexibility index (Phi) is 4.54. The number of nitrogens with one attached hydrogen (secondary N) is 1. The van der Waals surface area contributed by atoms with Gasteiger partial charge in [0.1, 0.15) is 5.54 Å². The maximum Gasteiger partial charge on any atom is 0.325 e. The average molecular weight is 343 g/mol. The molecule has 0 aromatic heterocycles. The molecule has 1 saturated heterocycles. The third-order valence-corrected chi connectivity index (χ3v) is 5.19. The molecule has 2 atom stereocenters. The van der Waals surface area contributed by atoms with Crippen LogP contribution in [0.3, 0.4) is 0 Å². The summed E-state index contributed by atoms with van der Waals surface area (Å²) in [5.41, 5.74) is 0.707. The zero-order chi connectivity index (χ0) is 18.2. The van der Waals surface area contributed by atoms with Gasteiger partial charge in [0.05, 0.1) is 6.54 Å². The van der Waals surface area contributed by atoms with Crippen molar-refractivity contribution in [1.29, 1.82) is 0 Å². The Morgan fingerprint density at radius 1 is 1.28 bits per heavy atom. The van der Waals surface area contributed by atoms with Crippen LogP contribution >= 0.6 is 0 Å². The van der Waals surface area contributed by atoms with Crippen molar-refractivity contribution in [2.45, 2.75) is 44.7 Å². The van der Waals surface area contributed by atoms with Gasteiger partial charge < -0.3 is 10.2 Å². The normalized spacial score (nSPS) is 26.0. The van der Waals surface area contributed by atoms with Crippen LogP contribution in [-0.2, 0) is 11.3 Å². The lowest BCUT2D eigenvalue weighted by atomic mass is 9.76. The molecule has 2 fully saturated rings. The van der Waals surface area contributed by atoms with Gasteiger partial charge in [-0.3, -0.25) is 14.5 Å². The molecule has 0 unspecified atom stereocenters. The van der Waals surface area contributed by atoms with Crippen molar-refractivity contribution in [3.05, 3.63) is 35.4 Å². The quantitative estimate of drug-likeness (QED) is 0.857. The number of carbonyl (C=O) groups is 3. The Labute approximate surface area is 148 Å². The van der Waals surface area contributed by atoms with Gasteiger partial charge in [-0.05, 0) is 36.5 Å². The summed E-state index contributed by atoms with van der Waals surface area (Å²) in [6.07, 6.45) is 3.49. The van der Waals surface area contributed by atoms with Crippen LogP contribution < -0.4 is 5.32 Å². The van der Waals surface area contributed by atoms with E-state index in [9.17, 15) is 14.4 Å². The minimum absolute atomic E-state index is 0.0725. The summed E-state index contributed by atoms with van der Waals surface area (Å²) in [4.78, 5) is 40.0. The summed E-state index contributed by atoms with van der Waals surface area (Å²) in [5.74, 6) is 0.253. The first kappa shape index (κ1) is 17.5. The standard InChI is InChI=1S/C19H25N3O3/c1-13-5-4-10-19(11-13)17(24)22(18(25)20-19)12-14-6-8-15(9-7-14)16(23)21(2)3/h6-9,13H,4-5,10-12H2,1-3H3,(H,20,25)/t13-,19-/m1/s1. The van der Waals surface area contributed by atoms with Crippen molar-refractivity contribution in [3.8, 4) is 0 Å². The molecule has 0 radical (unpaired) electrons. The highest BCUT2D eigenvalue weighted by Gasteiger charge is 2.52. The molecule has 134 valence electrons. The predicted octanol–water partition coefficient (Wildman–Crippen LogP) is 2.39. The lowest BCUT2D eigenvalue weighted by Crippen LogP contribution is -2.50. The highest BCUT2D eigenvalue weighted by Crippen LogP contribution is 2.37. The van der Waals surface area contributed by atoms with E-state index in [0.29, 0.717) is 24.3 Å². The molecule has 3 rings (SSSR count). The molecule has 1 aromatic carbocycles. The summed E-state index contributed by atoms with van der Waals surface area (Å²) in [6, 6.07) is 6.74. The molecule has 1 N–H and O–H groups in total. The Morgan fingerprint density at radius 3 is 2.56 bits per heavy atom. The fraction of sp³-hybridized carbons (Fsp3) is 0.526. The minimum atomic E-state index is -0.713. The summed E-state index contributed by atoms with van der Waals surface area (Å²) >= 11 is 0. The molecular weight excluding hydrogens is 318 g/mol. The van der Waals surface area contributed by atoms with Crippen LogP contribution in [0.1, 0.15) is 48.5 Å². The Bertz CT molecular complexity index is 698. The van der Waals surface area contributed by atoms with Gasteiger partial charge in [-0.1, -0.05) is 31.9 Å². The monoisotopic (exact) mass is 343 g/mol. The van der Waals surface area contributed by atoms with E-state index < -0.39 is 5.54 Å². The second kappa shape index (κ2) is 6.50. The number of hydrogen-bond donors (Lipinski definition) is 1. The van der Waals surface area contributed by atoms with Crippen LogP contribution in [0.15, 0.2) is 24.3 Å². The Hall–Kier alpha value is -2.37. The van der Waals surface area contributed by atoms with E-state index in [0.717, 1.165) is 18.4 Å². The van der Waals surface area contributed by atoms with Crippen LogP contribution in [0.25, 0.3) is 0 Å². The number of nitrogens with zero attached hydrogens (tertiary/aromatic N) is 2. The van der Waals surface area contributed by atoms with Crippen molar-refractivity contribution in [2.75, 3.05) is 14.1 Å². The third kappa shape index (κ3) is 3.25. The molecule has 0 bridgehead atoms. The second-order valence-corrected chi connectivity index (χ2v) is 7.50. The number of carbonyl (C=O) groups excluding carboxylic acids is 3. The third-order valence-electron chi connectivity index (χ3n) is 5.19. The van der Waals surface area contributed by atoms with E-state index in [1.165, 1.54) is 9.80 Å². The van der Waals surface area contributed by atoms with Gasteiger partial charge in [0, 0.05) is 19.7 Å². The van der Waals surface area contributed by atoms with E-state index in [1.807, 2.05) is 0 Å². The van der Waals surface area contributed by atoms with Gasteiger partial charge in [-0.25, -0.2) is 4.79 Å². The maximum atomic E-state index is 12.9. The molecule has 4 amide bonds. The number of rotatable bonds is 3. The maximum absolute atomic E-state index is 12.9. The van der Waals surface area contributed by atoms with Crippen LogP contribution in [0.4, 0.5) is 4.79 Å². The summed E-state index contributed by atoms with van der Waals surface area (Å²) in [5, 5.41) is 2.94. The first-order valence-corrected chi connectivity index (χ1v) is 8.77. The van der Waals surface area contributed by atoms with Crippen molar-refractivity contribution >= 4 is 17.8 Å². The lowest BCUT2D eigenvalue weighted by Gasteiger charge is -2.34. The van der Waals surface area contributed by atoms with Crippen molar-refractivity contribution in [3.63, 3.8) is 0 Å². The molecule has 2 aliphatic rings. The number of urea groups is 1. The zero-order valence-corrected chi connectivity index (χ0v) is 15.0. The summed E-state index contributed by atoms with van der Waals surface area (Å²) in [7, 11) is 3.40. The Morgan fingerprint density at radius 2 is 1.96 bits per heavy atom. The smallest absolute Gasteiger partial charge is 0.325 e. The van der Waals surface area contributed by atoms with Crippen LogP contribution in [-0.4, -0.2) is 47.3 Å². The van der Waals surface area contributed by atoms with Crippen LogP contribution in [0, 0.1) is 5.92 Å². The van der Waals surface area contributed by atoms with Crippen molar-refractivity contribution in [1.82, 2.24) is 15.1 Å². The molecule has 1 saturated carbocycles.